The Labute approximate surface area is 113 Å². The summed E-state index contributed by atoms with van der Waals surface area (Å²) in [7, 11) is 0. The number of benzene rings is 1. The second-order valence-corrected chi connectivity index (χ2v) is 4.82. The Balaban J connectivity index is 3.11. The van der Waals surface area contributed by atoms with Crippen LogP contribution in [-0.2, 0) is 5.66 Å². The zero-order valence-corrected chi connectivity index (χ0v) is 10.9. The Morgan fingerprint density at radius 3 is 1.85 bits per heavy atom. The first-order chi connectivity index (χ1) is 9.07. The monoisotopic (exact) mass is 279 g/mol. The van der Waals surface area contributed by atoms with Gasteiger partial charge in [-0.2, -0.15) is 0 Å². The Bertz CT molecular complexity index is 773. The predicted molar refractivity (Wildman–Crippen MR) is 80.3 cm³/mol. The molecule has 0 saturated heterocycles. The van der Waals surface area contributed by atoms with Gasteiger partial charge in [-0.05, 0) is 6.92 Å². The third kappa shape index (κ3) is 1.68. The van der Waals surface area contributed by atoms with Crippen LogP contribution >= 0.6 is 0 Å². The molecule has 0 atom stereocenters. The van der Waals surface area contributed by atoms with Crippen LogP contribution in [0.3, 0.4) is 0 Å². The highest BCUT2D eigenvalue weighted by molar-refractivity contribution is 6.09. The van der Waals surface area contributed by atoms with E-state index in [9.17, 15) is 4.79 Å². The normalized spacial score (nSPS) is 11.9. The largest absolute Gasteiger partial charge is 0.453 e. The van der Waals surface area contributed by atoms with Crippen LogP contribution in [0.4, 0.5) is 28.4 Å². The summed E-state index contributed by atoms with van der Waals surface area (Å²) in [5, 5.41) is -0.0419. The summed E-state index contributed by atoms with van der Waals surface area (Å²) < 4.78 is 5.47. The van der Waals surface area contributed by atoms with E-state index in [1.165, 1.54) is 6.92 Å². The molecule has 0 fully saturated rings. The smallest absolute Gasteiger partial charge is 0.218 e. The van der Waals surface area contributed by atoms with Crippen LogP contribution in [0, 0.1) is 0 Å². The summed E-state index contributed by atoms with van der Waals surface area (Å²) in [6.45, 7) is 1.42. The van der Waals surface area contributed by atoms with E-state index in [1.807, 2.05) is 0 Å². The summed E-state index contributed by atoms with van der Waals surface area (Å²) in [5.74, 6) is -0.106. The fourth-order valence-electron chi connectivity index (χ4n) is 1.93. The zero-order valence-electron chi connectivity index (χ0n) is 10.9. The molecule has 108 valence electrons. The molecule has 0 amide bonds. The van der Waals surface area contributed by atoms with Crippen molar-refractivity contribution in [1.29, 1.82) is 0 Å². The topological polar surface area (TPSA) is 212 Å². The van der Waals surface area contributed by atoms with E-state index < -0.39 is 11.1 Å². The van der Waals surface area contributed by atoms with Crippen molar-refractivity contribution in [2.45, 2.75) is 12.6 Å². The van der Waals surface area contributed by atoms with Crippen LogP contribution in [0.25, 0.3) is 11.0 Å². The third-order valence-electron chi connectivity index (χ3n) is 3.02. The SMILES string of the molecule is CC(N)(N)c1oc2c(N)c(N)c(N)c(N)c2c(=O)c1N. The average molecular weight is 279 g/mol. The van der Waals surface area contributed by atoms with Crippen molar-refractivity contribution in [1.82, 2.24) is 0 Å². The predicted octanol–water partition coefficient (Wildman–Crippen LogP) is -1.21. The van der Waals surface area contributed by atoms with Gasteiger partial charge in [-0.1, -0.05) is 0 Å². The van der Waals surface area contributed by atoms with E-state index >= 15 is 0 Å². The molecule has 9 nitrogen and oxygen atoms in total. The molecule has 0 aliphatic rings. The molecule has 0 spiro atoms. The molecule has 1 aromatic heterocycles. The van der Waals surface area contributed by atoms with Crippen molar-refractivity contribution in [2.24, 2.45) is 11.5 Å². The molecule has 0 radical (unpaired) electrons. The van der Waals surface area contributed by atoms with Crippen molar-refractivity contribution in [3.63, 3.8) is 0 Å². The van der Waals surface area contributed by atoms with Crippen LogP contribution in [0.5, 0.6) is 0 Å². The maximum Gasteiger partial charge on any atom is 0.218 e. The molecule has 0 unspecified atom stereocenters. The Kier molecular flexibility index (Phi) is 2.70. The van der Waals surface area contributed by atoms with E-state index in [0.717, 1.165) is 0 Å². The zero-order chi connectivity index (χ0) is 15.4. The van der Waals surface area contributed by atoms with Gasteiger partial charge < -0.3 is 44.6 Å². The Hall–Kier alpha value is -2.65. The molecular weight excluding hydrogens is 262 g/mol. The number of fused-ring (bicyclic) bond motifs is 1. The van der Waals surface area contributed by atoms with Crippen molar-refractivity contribution >= 4 is 39.4 Å². The first-order valence-electron chi connectivity index (χ1n) is 5.63. The summed E-state index contributed by atoms with van der Waals surface area (Å²) in [6, 6.07) is 0. The Morgan fingerprint density at radius 2 is 1.35 bits per heavy atom. The molecule has 14 N–H and O–H groups in total. The molecule has 0 saturated carbocycles. The summed E-state index contributed by atoms with van der Waals surface area (Å²) in [6.07, 6.45) is 0. The van der Waals surface area contributed by atoms with E-state index in [0.29, 0.717) is 0 Å². The lowest BCUT2D eigenvalue weighted by Crippen LogP contribution is -2.44. The van der Waals surface area contributed by atoms with E-state index in [4.69, 9.17) is 44.6 Å². The highest BCUT2D eigenvalue weighted by Crippen LogP contribution is 2.38. The minimum atomic E-state index is -1.46. The maximum absolute atomic E-state index is 12.3. The fraction of sp³-hybridized carbons (Fsp3) is 0.182. The van der Waals surface area contributed by atoms with Gasteiger partial charge in [0.2, 0.25) is 5.43 Å². The standard InChI is InChI=1S/C11H17N7O2/c1-11(17,18)10-7(16)8(19)2-3(12)4(13)5(14)6(15)9(2)20-10/h12-18H2,1H3. The van der Waals surface area contributed by atoms with Crippen molar-refractivity contribution < 1.29 is 4.42 Å². The number of rotatable bonds is 1. The minimum absolute atomic E-state index is 0.00212. The molecular formula is C11H17N7O2. The second-order valence-electron chi connectivity index (χ2n) is 4.82. The van der Waals surface area contributed by atoms with Gasteiger partial charge in [0.25, 0.3) is 0 Å². The summed E-state index contributed by atoms with van der Waals surface area (Å²) in [5.41, 5.74) is 37.7. The van der Waals surface area contributed by atoms with Gasteiger partial charge in [0, 0.05) is 0 Å². The molecule has 2 aromatic rings. The number of nitrogens with two attached hydrogens (primary N) is 7. The maximum atomic E-state index is 12.3. The van der Waals surface area contributed by atoms with Gasteiger partial charge in [0.1, 0.15) is 17.0 Å². The summed E-state index contributed by atoms with van der Waals surface area (Å²) >= 11 is 0. The molecule has 9 heteroatoms. The summed E-state index contributed by atoms with van der Waals surface area (Å²) in [4.78, 5) is 12.3. The highest BCUT2D eigenvalue weighted by Gasteiger charge is 2.27. The van der Waals surface area contributed by atoms with E-state index in [1.54, 1.807) is 0 Å². The number of hydrogen-bond acceptors (Lipinski definition) is 9. The molecule has 1 aromatic carbocycles. The fourth-order valence-corrected chi connectivity index (χ4v) is 1.93. The number of hydrogen-bond donors (Lipinski definition) is 7. The quantitative estimate of drug-likeness (QED) is 0.246. The van der Waals surface area contributed by atoms with Gasteiger partial charge in [0.15, 0.2) is 11.3 Å². The molecule has 0 aliphatic heterocycles. The van der Waals surface area contributed by atoms with E-state index in [2.05, 4.69) is 0 Å². The lowest BCUT2D eigenvalue weighted by Gasteiger charge is -2.21. The average Bonchev–Trinajstić information content (AvgIpc) is 2.35. The van der Waals surface area contributed by atoms with Crippen LogP contribution in [0.2, 0.25) is 0 Å². The first-order valence-corrected chi connectivity index (χ1v) is 5.63. The van der Waals surface area contributed by atoms with Gasteiger partial charge in [-0.3, -0.25) is 4.79 Å². The van der Waals surface area contributed by atoms with Crippen molar-refractivity contribution in [3.8, 4) is 0 Å². The van der Waals surface area contributed by atoms with Crippen LogP contribution in [0.15, 0.2) is 9.21 Å². The van der Waals surface area contributed by atoms with Crippen LogP contribution < -0.4 is 45.6 Å². The van der Waals surface area contributed by atoms with Gasteiger partial charge >= 0.3 is 0 Å². The minimum Gasteiger partial charge on any atom is -0.453 e. The lowest BCUT2D eigenvalue weighted by atomic mass is 10.0. The molecule has 1 heterocycles. The van der Waals surface area contributed by atoms with Crippen LogP contribution in [0.1, 0.15) is 12.7 Å². The molecule has 2 rings (SSSR count). The van der Waals surface area contributed by atoms with Crippen LogP contribution in [-0.4, -0.2) is 0 Å². The molecule has 20 heavy (non-hydrogen) atoms. The van der Waals surface area contributed by atoms with Crippen molar-refractivity contribution in [2.75, 3.05) is 28.7 Å². The van der Waals surface area contributed by atoms with E-state index in [-0.39, 0.29) is 45.2 Å². The Morgan fingerprint density at radius 1 is 0.850 bits per heavy atom. The van der Waals surface area contributed by atoms with Gasteiger partial charge in [-0.25, -0.2) is 0 Å². The molecule has 0 aliphatic carbocycles. The number of anilines is 5. The first kappa shape index (κ1) is 13.8. The van der Waals surface area contributed by atoms with Gasteiger partial charge in [0.05, 0.1) is 22.4 Å². The lowest BCUT2D eigenvalue weighted by molar-refractivity contribution is 0.391. The third-order valence-corrected chi connectivity index (χ3v) is 3.02. The highest BCUT2D eigenvalue weighted by atomic mass is 16.3. The van der Waals surface area contributed by atoms with Crippen molar-refractivity contribution in [3.05, 3.63) is 16.0 Å². The number of nitrogen functional groups attached to an aromatic ring is 5. The van der Waals surface area contributed by atoms with Gasteiger partial charge in [-0.15, -0.1) is 0 Å². The second kappa shape index (κ2) is 3.92. The molecule has 0 bridgehead atoms.